The van der Waals surface area contributed by atoms with E-state index in [1.807, 2.05) is 52.1 Å². The smallest absolute Gasteiger partial charge is 0.227 e. The summed E-state index contributed by atoms with van der Waals surface area (Å²) in [7, 11) is 3.47. The highest BCUT2D eigenvalue weighted by Crippen LogP contribution is 2.19. The molecule has 3 heteroatoms. The second kappa shape index (κ2) is 5.21. The summed E-state index contributed by atoms with van der Waals surface area (Å²) >= 11 is 0. The van der Waals surface area contributed by atoms with Crippen molar-refractivity contribution in [3.8, 4) is 5.75 Å². The number of carbonyl (C=O) groups excluding carboxylic acids is 1. The minimum Gasteiger partial charge on any atom is -0.497 e. The largest absolute Gasteiger partial charge is 0.497 e. The van der Waals surface area contributed by atoms with Crippen molar-refractivity contribution >= 4 is 5.91 Å². The molecule has 0 bridgehead atoms. The van der Waals surface area contributed by atoms with Crippen molar-refractivity contribution in [1.29, 1.82) is 0 Å². The van der Waals surface area contributed by atoms with Gasteiger partial charge in [0, 0.05) is 19.0 Å². The first-order valence-electron chi connectivity index (χ1n) is 5.73. The normalized spacial score (nSPS) is 11.1. The average Bonchev–Trinajstić information content (AvgIpc) is 2.27. The van der Waals surface area contributed by atoms with Gasteiger partial charge in [-0.05, 0) is 17.7 Å². The number of amides is 1. The first kappa shape index (κ1) is 13.6. The number of hydrogen-bond donors (Lipinski definition) is 0. The summed E-state index contributed by atoms with van der Waals surface area (Å²) < 4.78 is 5.16. The van der Waals surface area contributed by atoms with Crippen LogP contribution in [0.25, 0.3) is 0 Å². The maximum atomic E-state index is 12.0. The number of carbonyl (C=O) groups is 1. The molecule has 0 saturated heterocycles. The van der Waals surface area contributed by atoms with Gasteiger partial charge in [0.25, 0.3) is 0 Å². The monoisotopic (exact) mass is 235 g/mol. The Kier molecular flexibility index (Phi) is 4.16. The lowest BCUT2D eigenvalue weighted by molar-refractivity contribution is -0.138. The van der Waals surface area contributed by atoms with Gasteiger partial charge in [-0.15, -0.1) is 0 Å². The Morgan fingerprint density at radius 3 is 2.53 bits per heavy atom. The van der Waals surface area contributed by atoms with E-state index in [1.165, 1.54) is 0 Å². The van der Waals surface area contributed by atoms with E-state index < -0.39 is 0 Å². The van der Waals surface area contributed by atoms with Crippen LogP contribution in [0.1, 0.15) is 26.3 Å². The van der Waals surface area contributed by atoms with Gasteiger partial charge in [-0.1, -0.05) is 32.9 Å². The third-order valence-electron chi connectivity index (χ3n) is 2.54. The van der Waals surface area contributed by atoms with Gasteiger partial charge in [-0.25, -0.2) is 0 Å². The van der Waals surface area contributed by atoms with Crippen molar-refractivity contribution in [2.45, 2.75) is 27.3 Å². The molecule has 0 aliphatic heterocycles. The van der Waals surface area contributed by atoms with Crippen LogP contribution in [-0.4, -0.2) is 25.0 Å². The molecule has 0 radical (unpaired) electrons. The molecule has 1 aromatic rings. The highest BCUT2D eigenvalue weighted by molar-refractivity contribution is 5.81. The number of ether oxygens (including phenoxy) is 1. The fourth-order valence-corrected chi connectivity index (χ4v) is 1.69. The van der Waals surface area contributed by atoms with E-state index in [1.54, 1.807) is 12.0 Å². The Balaban J connectivity index is 2.74. The molecule has 1 aromatic carbocycles. The maximum absolute atomic E-state index is 12.0. The Morgan fingerprint density at radius 1 is 1.35 bits per heavy atom. The molecule has 0 heterocycles. The summed E-state index contributed by atoms with van der Waals surface area (Å²) in [4.78, 5) is 13.8. The second-order valence-corrected chi connectivity index (χ2v) is 5.26. The number of benzene rings is 1. The Morgan fingerprint density at radius 2 is 2.00 bits per heavy atom. The first-order chi connectivity index (χ1) is 7.84. The van der Waals surface area contributed by atoms with Crippen LogP contribution in [0.15, 0.2) is 24.3 Å². The second-order valence-electron chi connectivity index (χ2n) is 5.26. The topological polar surface area (TPSA) is 29.5 Å². The summed E-state index contributed by atoms with van der Waals surface area (Å²) in [6.45, 7) is 6.39. The summed E-state index contributed by atoms with van der Waals surface area (Å²) in [5.41, 5.74) is 0.734. The minimum atomic E-state index is -0.340. The summed E-state index contributed by atoms with van der Waals surface area (Å²) in [5.74, 6) is 0.958. The van der Waals surface area contributed by atoms with Crippen molar-refractivity contribution in [3.63, 3.8) is 0 Å². The van der Waals surface area contributed by atoms with Crippen molar-refractivity contribution in [2.75, 3.05) is 14.2 Å². The van der Waals surface area contributed by atoms with Crippen molar-refractivity contribution in [2.24, 2.45) is 5.41 Å². The van der Waals surface area contributed by atoms with Gasteiger partial charge in [-0.2, -0.15) is 0 Å². The molecule has 0 aliphatic carbocycles. The van der Waals surface area contributed by atoms with Crippen LogP contribution in [0, 0.1) is 5.41 Å². The van der Waals surface area contributed by atoms with E-state index in [2.05, 4.69) is 0 Å². The first-order valence-corrected chi connectivity index (χ1v) is 5.73. The van der Waals surface area contributed by atoms with Crippen molar-refractivity contribution in [3.05, 3.63) is 29.8 Å². The maximum Gasteiger partial charge on any atom is 0.227 e. The molecule has 0 saturated carbocycles. The summed E-state index contributed by atoms with van der Waals surface area (Å²) in [6.07, 6.45) is 0. The van der Waals surface area contributed by atoms with E-state index in [-0.39, 0.29) is 11.3 Å². The van der Waals surface area contributed by atoms with Gasteiger partial charge >= 0.3 is 0 Å². The standard InChI is InChI=1S/C14H21NO2/c1-14(2,3)13(16)15(4)10-11-7-6-8-12(9-11)17-5/h6-9H,10H2,1-5H3. The predicted octanol–water partition coefficient (Wildman–Crippen LogP) is 2.70. The van der Waals surface area contributed by atoms with Crippen LogP contribution in [0.4, 0.5) is 0 Å². The number of rotatable bonds is 3. The zero-order chi connectivity index (χ0) is 13.1. The molecule has 0 fully saturated rings. The third-order valence-corrected chi connectivity index (χ3v) is 2.54. The summed E-state index contributed by atoms with van der Waals surface area (Å²) in [6, 6.07) is 7.78. The molecule has 0 spiro atoms. The SMILES string of the molecule is COc1cccc(CN(C)C(=O)C(C)(C)C)c1. The van der Waals surface area contributed by atoms with E-state index in [9.17, 15) is 4.79 Å². The average molecular weight is 235 g/mol. The number of nitrogens with zero attached hydrogens (tertiary/aromatic N) is 1. The number of hydrogen-bond acceptors (Lipinski definition) is 2. The van der Waals surface area contributed by atoms with E-state index in [4.69, 9.17) is 4.74 Å². The quantitative estimate of drug-likeness (QED) is 0.806. The molecule has 0 aromatic heterocycles. The van der Waals surface area contributed by atoms with Crippen molar-refractivity contribution < 1.29 is 9.53 Å². The fraction of sp³-hybridized carbons (Fsp3) is 0.500. The predicted molar refractivity (Wildman–Crippen MR) is 68.9 cm³/mol. The Labute approximate surface area is 103 Å². The van der Waals surface area contributed by atoms with E-state index in [0.29, 0.717) is 6.54 Å². The van der Waals surface area contributed by atoms with Gasteiger partial charge in [0.1, 0.15) is 5.75 Å². The van der Waals surface area contributed by atoms with Crippen LogP contribution >= 0.6 is 0 Å². The van der Waals surface area contributed by atoms with Gasteiger partial charge in [-0.3, -0.25) is 4.79 Å². The Hall–Kier alpha value is -1.51. The molecule has 3 nitrogen and oxygen atoms in total. The molecule has 1 amide bonds. The molecule has 0 unspecified atom stereocenters. The molecular weight excluding hydrogens is 214 g/mol. The highest BCUT2D eigenvalue weighted by Gasteiger charge is 2.24. The van der Waals surface area contributed by atoms with Gasteiger partial charge in [0.15, 0.2) is 0 Å². The van der Waals surface area contributed by atoms with Crippen LogP contribution in [-0.2, 0) is 11.3 Å². The highest BCUT2D eigenvalue weighted by atomic mass is 16.5. The van der Waals surface area contributed by atoms with E-state index >= 15 is 0 Å². The zero-order valence-corrected chi connectivity index (χ0v) is 11.3. The van der Waals surface area contributed by atoms with Crippen molar-refractivity contribution in [1.82, 2.24) is 4.90 Å². The van der Waals surface area contributed by atoms with Gasteiger partial charge in [0.05, 0.1) is 7.11 Å². The minimum absolute atomic E-state index is 0.139. The van der Waals surface area contributed by atoms with Gasteiger partial charge < -0.3 is 9.64 Å². The van der Waals surface area contributed by atoms with E-state index in [0.717, 1.165) is 11.3 Å². The molecule has 0 atom stereocenters. The molecule has 0 aliphatic rings. The Bertz CT molecular complexity index is 393. The van der Waals surface area contributed by atoms with Crippen LogP contribution < -0.4 is 4.74 Å². The lowest BCUT2D eigenvalue weighted by Crippen LogP contribution is -2.36. The fourth-order valence-electron chi connectivity index (χ4n) is 1.69. The molecular formula is C14H21NO2. The molecule has 1 rings (SSSR count). The molecule has 0 N–H and O–H groups in total. The van der Waals surface area contributed by atoms with Gasteiger partial charge in [0.2, 0.25) is 5.91 Å². The molecule has 17 heavy (non-hydrogen) atoms. The lowest BCUT2D eigenvalue weighted by Gasteiger charge is -2.26. The number of methoxy groups -OCH3 is 1. The van der Waals surface area contributed by atoms with Crippen LogP contribution in [0.2, 0.25) is 0 Å². The van der Waals surface area contributed by atoms with Crippen LogP contribution in [0.5, 0.6) is 5.75 Å². The van der Waals surface area contributed by atoms with Crippen LogP contribution in [0.3, 0.4) is 0 Å². The zero-order valence-electron chi connectivity index (χ0n) is 11.3. The molecule has 94 valence electrons. The third kappa shape index (κ3) is 3.77. The lowest BCUT2D eigenvalue weighted by atomic mass is 9.95. The summed E-state index contributed by atoms with van der Waals surface area (Å²) in [5, 5.41) is 0.